The zero-order chi connectivity index (χ0) is 27.8. The van der Waals surface area contributed by atoms with Gasteiger partial charge in [0.25, 0.3) is 0 Å². The fraction of sp³-hybridized carbons (Fsp3) is 0.517. The smallest absolute Gasteiger partial charge is 0.245 e. The van der Waals surface area contributed by atoms with Gasteiger partial charge in [-0.05, 0) is 48.4 Å². The lowest BCUT2D eigenvalue weighted by Gasteiger charge is -2.20. The summed E-state index contributed by atoms with van der Waals surface area (Å²) in [5.41, 5.74) is 4.22. The van der Waals surface area contributed by atoms with Gasteiger partial charge in [0.1, 0.15) is 11.5 Å². The number of halogens is 1. The summed E-state index contributed by atoms with van der Waals surface area (Å²) in [5, 5.41) is 9.41. The van der Waals surface area contributed by atoms with Gasteiger partial charge in [0.05, 0.1) is 17.8 Å². The topological polar surface area (TPSA) is 93.1 Å². The third kappa shape index (κ3) is 5.57. The number of nitrogens with zero attached hydrogens (tertiary/aromatic N) is 4. The van der Waals surface area contributed by atoms with Crippen LogP contribution in [-0.4, -0.2) is 63.1 Å². The second-order valence-electron chi connectivity index (χ2n) is 11.4. The van der Waals surface area contributed by atoms with E-state index in [0.29, 0.717) is 44.7 Å². The molecule has 3 heterocycles. The molecule has 2 aromatic heterocycles. The maximum absolute atomic E-state index is 13.5. The predicted molar refractivity (Wildman–Crippen MR) is 150 cm³/mol. The SMILES string of the molecule is C=CC(=O)N1C[C@@H](COC)[C@@H](CC(=O)c2c(C)nc(CCc3[nH]nc4cc(Cl)c(C(C)(C)C)cc34)n2C)C1. The molecule has 0 unspecified atom stereocenters. The van der Waals surface area contributed by atoms with Gasteiger partial charge in [-0.1, -0.05) is 39.0 Å². The standard InChI is InChI=1S/C29H38ClN5O3/c1-8-27(37)35-14-18(19(15-35)16-38-7)11-25(36)28-17(2)31-26(34(28)6)10-9-23-20-12-21(29(3,4)5)22(30)13-24(20)33-32-23/h8,12-13,18-19H,1,9-11,14-16H2,2-7H3,(H,32,33)/t18-,19-/m0/s1. The van der Waals surface area contributed by atoms with Crippen LogP contribution in [0.15, 0.2) is 24.8 Å². The first-order valence-corrected chi connectivity index (χ1v) is 13.4. The molecule has 204 valence electrons. The van der Waals surface area contributed by atoms with E-state index in [2.05, 4.69) is 43.6 Å². The molecule has 4 rings (SSSR count). The number of aromatic nitrogens is 4. The molecule has 3 aromatic rings. The number of Topliss-reactive ketones (excluding diaryl/α,β-unsaturated/α-hetero) is 1. The number of hydrogen-bond donors (Lipinski definition) is 1. The number of amides is 1. The number of nitrogens with one attached hydrogen (secondary N) is 1. The summed E-state index contributed by atoms with van der Waals surface area (Å²) in [5.74, 6) is 0.926. The minimum atomic E-state index is -0.108. The van der Waals surface area contributed by atoms with Crippen LogP contribution in [0.2, 0.25) is 5.02 Å². The van der Waals surface area contributed by atoms with Crippen molar-refractivity contribution in [3.8, 4) is 0 Å². The molecule has 0 radical (unpaired) electrons. The number of carbonyl (C=O) groups excluding carboxylic acids is 2. The largest absolute Gasteiger partial charge is 0.384 e. The quantitative estimate of drug-likeness (QED) is 0.311. The van der Waals surface area contributed by atoms with Crippen molar-refractivity contribution in [1.82, 2.24) is 24.6 Å². The molecule has 8 nitrogen and oxygen atoms in total. The Labute approximate surface area is 229 Å². The molecule has 38 heavy (non-hydrogen) atoms. The number of rotatable bonds is 9. The number of carbonyl (C=O) groups is 2. The van der Waals surface area contributed by atoms with E-state index in [1.165, 1.54) is 6.08 Å². The Morgan fingerprint density at radius 2 is 1.95 bits per heavy atom. The van der Waals surface area contributed by atoms with Gasteiger partial charge in [-0.25, -0.2) is 4.98 Å². The predicted octanol–water partition coefficient (Wildman–Crippen LogP) is 4.82. The zero-order valence-corrected chi connectivity index (χ0v) is 24.0. The molecular weight excluding hydrogens is 502 g/mol. The number of likely N-dealkylation sites (tertiary alicyclic amines) is 1. The van der Waals surface area contributed by atoms with E-state index in [1.807, 2.05) is 24.6 Å². The lowest BCUT2D eigenvalue weighted by molar-refractivity contribution is -0.125. The third-order valence-corrected chi connectivity index (χ3v) is 7.96. The van der Waals surface area contributed by atoms with E-state index < -0.39 is 0 Å². The number of fused-ring (bicyclic) bond motifs is 1. The molecule has 1 aromatic carbocycles. The summed E-state index contributed by atoms with van der Waals surface area (Å²) in [6.45, 7) is 13.5. The summed E-state index contributed by atoms with van der Waals surface area (Å²) in [6, 6.07) is 4.05. The number of imidazole rings is 1. The molecule has 1 amide bonds. The number of ether oxygens (including phenoxy) is 1. The molecule has 0 saturated carbocycles. The van der Waals surface area contributed by atoms with Crippen LogP contribution in [0, 0.1) is 18.8 Å². The number of methoxy groups -OCH3 is 1. The summed E-state index contributed by atoms with van der Waals surface area (Å²) in [4.78, 5) is 32.1. The minimum Gasteiger partial charge on any atom is -0.384 e. The fourth-order valence-electron chi connectivity index (χ4n) is 5.61. The van der Waals surface area contributed by atoms with Gasteiger partial charge in [-0.15, -0.1) is 0 Å². The summed E-state index contributed by atoms with van der Waals surface area (Å²) in [7, 11) is 3.55. The van der Waals surface area contributed by atoms with E-state index in [4.69, 9.17) is 21.3 Å². The van der Waals surface area contributed by atoms with E-state index in [9.17, 15) is 9.59 Å². The molecule has 1 fully saturated rings. The average Bonchev–Trinajstić information content (AvgIpc) is 3.51. The van der Waals surface area contributed by atoms with Gasteiger partial charge < -0.3 is 14.2 Å². The van der Waals surface area contributed by atoms with E-state index in [-0.39, 0.29) is 28.9 Å². The van der Waals surface area contributed by atoms with Crippen molar-refractivity contribution in [2.24, 2.45) is 18.9 Å². The van der Waals surface area contributed by atoms with Gasteiger partial charge in [-0.3, -0.25) is 14.7 Å². The molecule has 1 N–H and O–H groups in total. The van der Waals surface area contributed by atoms with Crippen molar-refractivity contribution in [3.05, 3.63) is 58.3 Å². The number of H-pyrrole nitrogens is 1. The highest BCUT2D eigenvalue weighted by atomic mass is 35.5. The van der Waals surface area contributed by atoms with Gasteiger partial charge in [0.15, 0.2) is 5.78 Å². The second-order valence-corrected chi connectivity index (χ2v) is 11.8. The molecule has 1 saturated heterocycles. The van der Waals surface area contributed by atoms with Crippen LogP contribution in [0.3, 0.4) is 0 Å². The average molecular weight is 540 g/mol. The monoisotopic (exact) mass is 539 g/mol. The minimum absolute atomic E-state index is 0.0318. The first kappa shape index (κ1) is 28.0. The van der Waals surface area contributed by atoms with Crippen LogP contribution in [0.5, 0.6) is 0 Å². The molecule has 9 heteroatoms. The number of aromatic amines is 1. The van der Waals surface area contributed by atoms with Crippen LogP contribution in [0.4, 0.5) is 0 Å². The highest BCUT2D eigenvalue weighted by molar-refractivity contribution is 6.32. The van der Waals surface area contributed by atoms with Gasteiger partial charge >= 0.3 is 0 Å². The van der Waals surface area contributed by atoms with E-state index in [0.717, 1.165) is 38.7 Å². The Morgan fingerprint density at radius 1 is 1.24 bits per heavy atom. The lowest BCUT2D eigenvalue weighted by Crippen LogP contribution is -2.27. The maximum Gasteiger partial charge on any atom is 0.245 e. The van der Waals surface area contributed by atoms with Crippen molar-refractivity contribution in [1.29, 1.82) is 0 Å². The van der Waals surface area contributed by atoms with Crippen molar-refractivity contribution < 1.29 is 14.3 Å². The van der Waals surface area contributed by atoms with Gasteiger partial charge in [-0.2, -0.15) is 5.10 Å². The number of aryl methyl sites for hydroxylation is 3. The molecule has 0 bridgehead atoms. The highest BCUT2D eigenvalue weighted by Crippen LogP contribution is 2.34. The van der Waals surface area contributed by atoms with Crippen molar-refractivity contribution >= 4 is 34.2 Å². The number of hydrogen-bond acceptors (Lipinski definition) is 5. The van der Waals surface area contributed by atoms with Gasteiger partial charge in [0, 0.05) is 62.1 Å². The highest BCUT2D eigenvalue weighted by Gasteiger charge is 2.36. The Balaban J connectivity index is 1.51. The molecule has 0 aliphatic carbocycles. The Kier molecular flexibility index (Phi) is 8.14. The van der Waals surface area contributed by atoms with Crippen molar-refractivity contribution in [2.75, 3.05) is 26.8 Å². The number of ketones is 1. The molecule has 0 spiro atoms. The van der Waals surface area contributed by atoms with Crippen molar-refractivity contribution in [3.63, 3.8) is 0 Å². The summed E-state index contributed by atoms with van der Waals surface area (Å²) in [6.07, 6.45) is 3.03. The third-order valence-electron chi connectivity index (χ3n) is 7.65. The fourth-order valence-corrected chi connectivity index (χ4v) is 6.05. The second kappa shape index (κ2) is 11.0. The van der Waals surface area contributed by atoms with E-state index in [1.54, 1.807) is 12.0 Å². The summed E-state index contributed by atoms with van der Waals surface area (Å²) < 4.78 is 7.30. The van der Waals surface area contributed by atoms with Crippen LogP contribution < -0.4 is 0 Å². The van der Waals surface area contributed by atoms with Crippen LogP contribution in [0.25, 0.3) is 10.9 Å². The molecule has 2 atom stereocenters. The summed E-state index contributed by atoms with van der Waals surface area (Å²) >= 11 is 6.53. The van der Waals surface area contributed by atoms with Crippen LogP contribution >= 0.6 is 11.6 Å². The maximum atomic E-state index is 13.5. The van der Waals surface area contributed by atoms with E-state index >= 15 is 0 Å². The lowest BCUT2D eigenvalue weighted by atomic mass is 9.86. The molecule has 1 aliphatic rings. The van der Waals surface area contributed by atoms with Crippen LogP contribution in [0.1, 0.15) is 60.5 Å². The number of benzene rings is 1. The first-order chi connectivity index (χ1) is 17.9. The molecular formula is C29H38ClN5O3. The molecule has 1 aliphatic heterocycles. The Morgan fingerprint density at radius 3 is 2.61 bits per heavy atom. The zero-order valence-electron chi connectivity index (χ0n) is 23.2. The Hall–Kier alpha value is -2.97. The van der Waals surface area contributed by atoms with Crippen molar-refractivity contribution in [2.45, 2.75) is 52.4 Å². The normalized spacial score (nSPS) is 17.9. The van der Waals surface area contributed by atoms with Crippen LogP contribution in [-0.2, 0) is 34.8 Å². The first-order valence-electron chi connectivity index (χ1n) is 13.1. The Bertz CT molecular complexity index is 1370. The van der Waals surface area contributed by atoms with Gasteiger partial charge in [0.2, 0.25) is 5.91 Å².